The second-order valence-electron chi connectivity index (χ2n) is 7.10. The van der Waals surface area contributed by atoms with E-state index in [4.69, 9.17) is 4.74 Å². The van der Waals surface area contributed by atoms with E-state index in [1.807, 2.05) is 24.3 Å². The van der Waals surface area contributed by atoms with Crippen LogP contribution in [0.4, 0.5) is 17.5 Å². The first-order valence-electron chi connectivity index (χ1n) is 10.6. The van der Waals surface area contributed by atoms with Gasteiger partial charge >= 0.3 is 5.97 Å². The van der Waals surface area contributed by atoms with E-state index in [0.29, 0.717) is 36.1 Å². The molecule has 0 unspecified atom stereocenters. The highest BCUT2D eigenvalue weighted by molar-refractivity contribution is 5.96. The second kappa shape index (κ2) is 10.8. The minimum Gasteiger partial charge on any atom is -0.462 e. The number of ether oxygens (including phenoxy) is 1. The van der Waals surface area contributed by atoms with Crippen molar-refractivity contribution in [2.24, 2.45) is 0 Å². The van der Waals surface area contributed by atoms with Gasteiger partial charge in [0.05, 0.1) is 17.2 Å². The van der Waals surface area contributed by atoms with Gasteiger partial charge in [0.25, 0.3) is 5.69 Å². The van der Waals surface area contributed by atoms with Gasteiger partial charge in [0.15, 0.2) is 0 Å². The van der Waals surface area contributed by atoms with Gasteiger partial charge in [-0.05, 0) is 25.1 Å². The van der Waals surface area contributed by atoms with Crippen LogP contribution < -0.4 is 10.6 Å². The van der Waals surface area contributed by atoms with Crippen LogP contribution in [0.25, 0.3) is 16.9 Å². The van der Waals surface area contributed by atoms with E-state index in [0.717, 1.165) is 5.69 Å². The van der Waals surface area contributed by atoms with Crippen LogP contribution in [0.1, 0.15) is 17.3 Å². The molecule has 2 N–H and O–H groups in total. The van der Waals surface area contributed by atoms with Crippen molar-refractivity contribution in [3.05, 3.63) is 77.1 Å². The Balaban J connectivity index is 1.47. The molecule has 0 bridgehead atoms. The van der Waals surface area contributed by atoms with Gasteiger partial charge in [-0.3, -0.25) is 14.7 Å². The molecule has 178 valence electrons. The quantitative estimate of drug-likeness (QED) is 0.150. The van der Waals surface area contributed by atoms with Crippen molar-refractivity contribution < 1.29 is 14.5 Å². The van der Waals surface area contributed by atoms with Crippen LogP contribution in [-0.2, 0) is 4.74 Å². The van der Waals surface area contributed by atoms with Crippen molar-refractivity contribution in [1.82, 2.24) is 29.7 Å². The molecule has 1 aromatic carbocycles. The lowest BCUT2D eigenvalue weighted by Crippen LogP contribution is -2.17. The van der Waals surface area contributed by atoms with Crippen LogP contribution in [0.5, 0.6) is 0 Å². The van der Waals surface area contributed by atoms with E-state index in [1.165, 1.54) is 24.5 Å². The second-order valence-corrected chi connectivity index (χ2v) is 7.10. The zero-order chi connectivity index (χ0) is 24.6. The first-order chi connectivity index (χ1) is 17.0. The average Bonchev–Trinajstić information content (AvgIpc) is 3.42. The van der Waals surface area contributed by atoms with Crippen LogP contribution in [0, 0.1) is 10.1 Å². The number of carbonyl (C=O) groups is 1. The molecule has 3 aromatic heterocycles. The minimum absolute atomic E-state index is 0.0778. The molecule has 4 rings (SSSR count). The maximum absolute atomic E-state index is 12.5. The Morgan fingerprint density at radius 1 is 1.03 bits per heavy atom. The lowest BCUT2D eigenvalue weighted by Gasteiger charge is -2.12. The molecular weight excluding hydrogens is 454 g/mol. The molecule has 0 spiro atoms. The molecule has 0 saturated heterocycles. The molecule has 0 aliphatic rings. The topological polar surface area (TPSA) is 163 Å². The van der Waals surface area contributed by atoms with Crippen molar-refractivity contribution in [3.63, 3.8) is 0 Å². The van der Waals surface area contributed by atoms with Crippen LogP contribution in [-0.4, -0.2) is 60.3 Å². The Morgan fingerprint density at radius 2 is 1.77 bits per heavy atom. The van der Waals surface area contributed by atoms with E-state index in [1.54, 1.807) is 24.1 Å². The number of anilines is 2. The average molecular weight is 475 g/mol. The van der Waals surface area contributed by atoms with Crippen molar-refractivity contribution in [2.45, 2.75) is 6.92 Å². The fourth-order valence-electron chi connectivity index (χ4n) is 3.13. The van der Waals surface area contributed by atoms with E-state index < -0.39 is 10.9 Å². The third kappa shape index (κ3) is 5.71. The number of esters is 1. The molecule has 13 nitrogen and oxygen atoms in total. The number of hydrogen-bond acceptors (Lipinski definition) is 11. The van der Waals surface area contributed by atoms with Gasteiger partial charge in [0.1, 0.15) is 30.2 Å². The summed E-state index contributed by atoms with van der Waals surface area (Å²) in [5.41, 5.74) is 2.17. The number of rotatable bonds is 10. The molecule has 0 aliphatic heterocycles. The van der Waals surface area contributed by atoms with Gasteiger partial charge in [-0.25, -0.2) is 19.7 Å². The molecule has 4 aromatic rings. The number of nitro groups is 1. The van der Waals surface area contributed by atoms with Crippen LogP contribution in [0.15, 0.2) is 61.4 Å². The highest BCUT2D eigenvalue weighted by Crippen LogP contribution is 2.24. The van der Waals surface area contributed by atoms with E-state index in [9.17, 15) is 14.9 Å². The molecule has 3 heterocycles. The van der Waals surface area contributed by atoms with Gasteiger partial charge in [-0.15, -0.1) is 10.2 Å². The van der Waals surface area contributed by atoms with Crippen molar-refractivity contribution in [3.8, 4) is 16.9 Å². The SMILES string of the molecule is CCOC(=O)c1cnc(NCCNc2ccc([N+](=O)[O-])cn2)nc1-c1ccc(-n2cnnc2)cc1. The Hall–Kier alpha value is -4.94. The summed E-state index contributed by atoms with van der Waals surface area (Å²) >= 11 is 0. The minimum atomic E-state index is -0.511. The molecule has 0 atom stereocenters. The van der Waals surface area contributed by atoms with E-state index in [-0.39, 0.29) is 17.9 Å². The predicted molar refractivity (Wildman–Crippen MR) is 126 cm³/mol. The summed E-state index contributed by atoms with van der Waals surface area (Å²) in [5.74, 6) is 0.321. The highest BCUT2D eigenvalue weighted by Gasteiger charge is 2.17. The zero-order valence-electron chi connectivity index (χ0n) is 18.7. The lowest BCUT2D eigenvalue weighted by atomic mass is 10.1. The monoisotopic (exact) mass is 475 g/mol. The normalized spacial score (nSPS) is 10.5. The van der Waals surface area contributed by atoms with Gasteiger partial charge in [-0.2, -0.15) is 0 Å². The number of aromatic nitrogens is 6. The van der Waals surface area contributed by atoms with Gasteiger partial charge < -0.3 is 15.4 Å². The molecule has 0 aliphatic carbocycles. The summed E-state index contributed by atoms with van der Waals surface area (Å²) < 4.78 is 6.92. The number of pyridine rings is 1. The van der Waals surface area contributed by atoms with Crippen LogP contribution in [0.3, 0.4) is 0 Å². The van der Waals surface area contributed by atoms with Crippen LogP contribution in [0.2, 0.25) is 0 Å². The van der Waals surface area contributed by atoms with E-state index >= 15 is 0 Å². The standard InChI is InChI=1S/C22H21N9O4/c1-2-35-21(32)18-12-26-22(24-10-9-23-19-8-7-17(11-25-19)31(33)34)29-20(18)15-3-5-16(6-4-15)30-13-27-28-14-30/h3-8,11-14H,2,9-10H2,1H3,(H,23,25)(H,24,26,29). The molecule has 13 heteroatoms. The first kappa shape index (κ1) is 23.2. The van der Waals surface area contributed by atoms with E-state index in [2.05, 4.69) is 35.8 Å². The fraction of sp³-hybridized carbons (Fsp3) is 0.182. The number of benzene rings is 1. The Labute approximate surface area is 199 Å². The van der Waals surface area contributed by atoms with Gasteiger partial charge in [0.2, 0.25) is 5.95 Å². The smallest absolute Gasteiger partial charge is 0.341 e. The molecule has 35 heavy (non-hydrogen) atoms. The number of carbonyl (C=O) groups excluding carboxylic acids is 1. The largest absolute Gasteiger partial charge is 0.462 e. The summed E-state index contributed by atoms with van der Waals surface area (Å²) in [6, 6.07) is 10.3. The first-order valence-corrected chi connectivity index (χ1v) is 10.6. The lowest BCUT2D eigenvalue weighted by molar-refractivity contribution is -0.385. The summed E-state index contributed by atoms with van der Waals surface area (Å²) in [6.07, 6.45) is 5.80. The van der Waals surface area contributed by atoms with Crippen molar-refractivity contribution in [2.75, 3.05) is 30.3 Å². The Bertz CT molecular complexity index is 1290. The zero-order valence-corrected chi connectivity index (χ0v) is 18.7. The highest BCUT2D eigenvalue weighted by atomic mass is 16.6. The maximum atomic E-state index is 12.5. The molecule has 0 fully saturated rings. The number of nitrogens with one attached hydrogen (secondary N) is 2. The van der Waals surface area contributed by atoms with Crippen molar-refractivity contribution in [1.29, 1.82) is 0 Å². The Morgan fingerprint density at radius 3 is 2.43 bits per heavy atom. The summed E-state index contributed by atoms with van der Waals surface area (Å²) in [7, 11) is 0. The van der Waals surface area contributed by atoms with Gasteiger partial charge in [0, 0.05) is 36.6 Å². The van der Waals surface area contributed by atoms with Crippen LogP contribution >= 0.6 is 0 Å². The number of nitrogens with zero attached hydrogens (tertiary/aromatic N) is 7. The maximum Gasteiger partial charge on any atom is 0.341 e. The molecule has 0 radical (unpaired) electrons. The summed E-state index contributed by atoms with van der Waals surface area (Å²) in [5, 5.41) is 24.5. The molecular formula is C22H21N9O4. The molecule has 0 saturated carbocycles. The Kier molecular flexibility index (Phi) is 7.16. The third-order valence-electron chi connectivity index (χ3n) is 4.81. The predicted octanol–water partition coefficient (Wildman–Crippen LogP) is 2.73. The molecule has 0 amide bonds. The fourth-order valence-corrected chi connectivity index (χ4v) is 3.13. The summed E-state index contributed by atoms with van der Waals surface area (Å²) in [4.78, 5) is 35.5. The summed E-state index contributed by atoms with van der Waals surface area (Å²) in [6.45, 7) is 2.85. The van der Waals surface area contributed by atoms with Crippen molar-refractivity contribution >= 4 is 23.4 Å². The van der Waals surface area contributed by atoms with Gasteiger partial charge in [-0.1, -0.05) is 12.1 Å². The number of hydrogen-bond donors (Lipinski definition) is 2. The third-order valence-corrected chi connectivity index (χ3v) is 4.81.